The van der Waals surface area contributed by atoms with Crippen LogP contribution in [-0.2, 0) is 0 Å². The van der Waals surface area contributed by atoms with Crippen molar-refractivity contribution in [3.05, 3.63) is 48.5 Å². The maximum atomic E-state index is 13.4. The monoisotopic (exact) mass is 463 g/mol. The molecular weight excluding hydrogens is 438 g/mol. The molecule has 0 aromatic carbocycles. The van der Waals surface area contributed by atoms with E-state index < -0.39 is 12.7 Å². The number of pyridine rings is 2. The summed E-state index contributed by atoms with van der Waals surface area (Å²) in [6.07, 6.45) is 2.83. The molecule has 0 unspecified atom stereocenters. The number of aromatic nitrogens is 4. The molecule has 34 heavy (non-hydrogen) atoms. The molecule has 0 radical (unpaired) electrons. The molecule has 3 N–H and O–H groups in total. The Morgan fingerprint density at radius 2 is 2.15 bits per heavy atom. The van der Waals surface area contributed by atoms with Crippen LogP contribution in [0.25, 0.3) is 11.3 Å². The summed E-state index contributed by atoms with van der Waals surface area (Å²) in [4.78, 5) is 34.6. The van der Waals surface area contributed by atoms with E-state index in [1.807, 2.05) is 31.2 Å². The van der Waals surface area contributed by atoms with Crippen molar-refractivity contribution in [2.45, 2.75) is 25.5 Å². The lowest BCUT2D eigenvalue weighted by Crippen LogP contribution is -2.48. The first kappa shape index (κ1) is 22.0. The molecule has 0 aliphatic carbocycles. The predicted molar refractivity (Wildman–Crippen MR) is 125 cm³/mol. The lowest BCUT2D eigenvalue weighted by molar-refractivity contribution is 0.0521. The molecule has 2 amide bonds. The van der Waals surface area contributed by atoms with Crippen LogP contribution in [0, 0.1) is 6.92 Å². The molecule has 1 saturated heterocycles. The Labute approximate surface area is 196 Å². The van der Waals surface area contributed by atoms with Gasteiger partial charge in [-0.15, -0.1) is 0 Å². The van der Waals surface area contributed by atoms with Crippen LogP contribution in [0.4, 0.5) is 22.1 Å². The van der Waals surface area contributed by atoms with Gasteiger partial charge in [-0.05, 0) is 37.6 Å². The molecule has 2 aliphatic rings. The maximum absolute atomic E-state index is 13.4. The molecule has 0 spiro atoms. The summed E-state index contributed by atoms with van der Waals surface area (Å²) in [6, 6.07) is 8.97. The quantitative estimate of drug-likeness (QED) is 0.498. The molecule has 2 bridgehead atoms. The van der Waals surface area contributed by atoms with Gasteiger partial charge in [0, 0.05) is 36.6 Å². The van der Waals surface area contributed by atoms with Crippen molar-refractivity contribution in [3.8, 4) is 17.1 Å². The number of carbonyl (C=O) groups excluding carboxylic acids is 1. The minimum atomic E-state index is -1.02. The van der Waals surface area contributed by atoms with Gasteiger partial charge >= 0.3 is 6.03 Å². The number of hydrogen-bond acceptors (Lipinski definition) is 9. The number of fused-ring (bicyclic) bond motifs is 4. The zero-order valence-electron chi connectivity index (χ0n) is 18.6. The number of carbonyl (C=O) groups is 1. The molecule has 2 aliphatic heterocycles. The number of aliphatic hydroxyl groups is 2. The van der Waals surface area contributed by atoms with Crippen LogP contribution in [0.5, 0.6) is 5.88 Å². The third kappa shape index (κ3) is 4.35. The van der Waals surface area contributed by atoms with Crippen LogP contribution >= 0.6 is 0 Å². The summed E-state index contributed by atoms with van der Waals surface area (Å²) in [5.41, 5.74) is 3.52. The smallest absolute Gasteiger partial charge is 0.329 e. The van der Waals surface area contributed by atoms with Gasteiger partial charge in [0.25, 0.3) is 0 Å². The topological polar surface area (TPSA) is 137 Å². The second-order valence-electron chi connectivity index (χ2n) is 8.30. The highest BCUT2D eigenvalue weighted by molar-refractivity contribution is 6.04. The van der Waals surface area contributed by atoms with Crippen LogP contribution in [0.1, 0.15) is 12.1 Å². The predicted octanol–water partition coefficient (Wildman–Crippen LogP) is 1.60. The molecule has 11 nitrogen and oxygen atoms in total. The van der Waals surface area contributed by atoms with Gasteiger partial charge in [-0.3, -0.25) is 15.2 Å². The molecular formula is C23H25N7O4. The Kier molecular flexibility index (Phi) is 5.95. The van der Waals surface area contributed by atoms with E-state index in [0.717, 1.165) is 42.1 Å². The highest BCUT2D eigenvalue weighted by Crippen LogP contribution is 2.40. The number of ether oxygens (including phenoxy) is 1. The van der Waals surface area contributed by atoms with E-state index in [9.17, 15) is 9.90 Å². The minimum Gasteiger partial charge on any atom is -0.475 e. The average Bonchev–Trinajstić information content (AvgIpc) is 3.26. The standard InChI is InChI=1S/C23H25N7O4/c1-14-8-15(4-6-24-14)18-2-3-19-22(27-18)30(16-5-7-29(19)10-16)23(33)28-20-9-21(26-13-25-20)34-12-17(32)11-31/h2-4,6,8-9,13,16-17,31-32H,5,7,10-12H2,1H3,(H,25,26,28,33)/t16-,17-/m0/s1. The van der Waals surface area contributed by atoms with Gasteiger partial charge in [0.2, 0.25) is 5.88 Å². The van der Waals surface area contributed by atoms with E-state index in [1.165, 1.54) is 12.4 Å². The van der Waals surface area contributed by atoms with Crippen LogP contribution in [0.15, 0.2) is 42.9 Å². The van der Waals surface area contributed by atoms with Gasteiger partial charge in [-0.25, -0.2) is 19.7 Å². The van der Waals surface area contributed by atoms with Gasteiger partial charge in [0.1, 0.15) is 24.9 Å². The van der Waals surface area contributed by atoms with Crippen LogP contribution in [0.2, 0.25) is 0 Å². The highest BCUT2D eigenvalue weighted by atomic mass is 16.5. The average molecular weight is 463 g/mol. The van der Waals surface area contributed by atoms with Crippen molar-refractivity contribution in [1.82, 2.24) is 19.9 Å². The fraction of sp³-hybridized carbons (Fsp3) is 0.348. The molecule has 3 aromatic heterocycles. The van der Waals surface area contributed by atoms with E-state index >= 15 is 0 Å². The molecule has 2 atom stereocenters. The van der Waals surface area contributed by atoms with Crippen molar-refractivity contribution in [2.75, 3.05) is 41.4 Å². The summed E-state index contributed by atoms with van der Waals surface area (Å²) in [7, 11) is 0. The van der Waals surface area contributed by atoms with E-state index in [4.69, 9.17) is 14.8 Å². The number of hydrogen-bond donors (Lipinski definition) is 3. The lowest BCUT2D eigenvalue weighted by atomic mass is 10.1. The first-order valence-electron chi connectivity index (χ1n) is 11.0. The Morgan fingerprint density at radius 1 is 1.26 bits per heavy atom. The summed E-state index contributed by atoms with van der Waals surface area (Å²) < 4.78 is 5.36. The van der Waals surface area contributed by atoms with Gasteiger partial charge in [0.15, 0.2) is 5.82 Å². The number of urea groups is 1. The molecule has 11 heteroatoms. The van der Waals surface area contributed by atoms with Crippen LogP contribution < -0.4 is 19.9 Å². The Morgan fingerprint density at radius 3 is 2.97 bits per heavy atom. The summed E-state index contributed by atoms with van der Waals surface area (Å²) in [5, 5.41) is 21.2. The number of anilines is 3. The molecule has 0 saturated carbocycles. The van der Waals surface area contributed by atoms with E-state index in [0.29, 0.717) is 5.82 Å². The summed E-state index contributed by atoms with van der Waals surface area (Å²) in [5.74, 6) is 1.04. The van der Waals surface area contributed by atoms with E-state index in [2.05, 4.69) is 25.2 Å². The van der Waals surface area contributed by atoms with Crippen molar-refractivity contribution in [2.24, 2.45) is 0 Å². The van der Waals surface area contributed by atoms with E-state index in [1.54, 1.807) is 11.1 Å². The number of aryl methyl sites for hydroxylation is 1. The van der Waals surface area contributed by atoms with Gasteiger partial charge in [-0.2, -0.15) is 0 Å². The second-order valence-corrected chi connectivity index (χ2v) is 8.30. The third-order valence-corrected chi connectivity index (χ3v) is 5.87. The second kappa shape index (κ2) is 9.20. The molecule has 5 heterocycles. The third-order valence-electron chi connectivity index (χ3n) is 5.87. The molecule has 1 fully saturated rings. The zero-order chi connectivity index (χ0) is 23.7. The minimum absolute atomic E-state index is 0.00770. The van der Waals surface area contributed by atoms with Crippen LogP contribution in [-0.4, -0.2) is 74.6 Å². The van der Waals surface area contributed by atoms with Crippen molar-refractivity contribution < 1.29 is 19.7 Å². The Hall–Kier alpha value is -3.83. The summed E-state index contributed by atoms with van der Waals surface area (Å²) >= 11 is 0. The molecule has 5 rings (SSSR count). The van der Waals surface area contributed by atoms with Gasteiger partial charge in [0.05, 0.1) is 24.0 Å². The fourth-order valence-electron chi connectivity index (χ4n) is 4.23. The van der Waals surface area contributed by atoms with Gasteiger partial charge < -0.3 is 19.8 Å². The number of nitrogens with one attached hydrogen (secondary N) is 1. The fourth-order valence-corrected chi connectivity index (χ4v) is 4.23. The summed E-state index contributed by atoms with van der Waals surface area (Å²) in [6.45, 7) is 2.98. The number of amides is 2. The Bertz CT molecular complexity index is 1210. The molecule has 176 valence electrons. The number of aliphatic hydroxyl groups excluding tert-OH is 2. The maximum Gasteiger partial charge on any atom is 0.329 e. The SMILES string of the molecule is Cc1cc(-c2ccc3c(n2)N(C(=O)Nc2cc(OC[C@@H](O)CO)ncn2)[C@H]2CCN3C2)ccn1. The zero-order valence-corrected chi connectivity index (χ0v) is 18.6. The normalized spacial score (nSPS) is 17.3. The number of nitrogens with zero attached hydrogens (tertiary/aromatic N) is 6. The number of rotatable bonds is 6. The van der Waals surface area contributed by atoms with Gasteiger partial charge in [-0.1, -0.05) is 0 Å². The molecule has 3 aromatic rings. The first-order valence-corrected chi connectivity index (χ1v) is 11.0. The van der Waals surface area contributed by atoms with Crippen molar-refractivity contribution in [1.29, 1.82) is 0 Å². The first-order chi connectivity index (χ1) is 16.5. The lowest BCUT2D eigenvalue weighted by Gasteiger charge is -2.35. The highest BCUT2D eigenvalue weighted by Gasteiger charge is 2.40. The van der Waals surface area contributed by atoms with E-state index in [-0.39, 0.29) is 30.4 Å². The van der Waals surface area contributed by atoms with Crippen LogP contribution in [0.3, 0.4) is 0 Å². The van der Waals surface area contributed by atoms with Crippen molar-refractivity contribution in [3.63, 3.8) is 0 Å². The van der Waals surface area contributed by atoms with Crippen molar-refractivity contribution >= 4 is 23.4 Å². The Balaban J connectivity index is 1.41. The largest absolute Gasteiger partial charge is 0.475 e.